The van der Waals surface area contributed by atoms with Crippen LogP contribution in [0.1, 0.15) is 35.3 Å². The highest BCUT2D eigenvalue weighted by atomic mass is 16.2. The Kier molecular flexibility index (Phi) is 5.10. The third-order valence-electron chi connectivity index (χ3n) is 5.50. The second-order valence-corrected chi connectivity index (χ2v) is 7.18. The largest absolute Gasteiger partial charge is 0.357 e. The van der Waals surface area contributed by atoms with Crippen LogP contribution in [-0.2, 0) is 9.59 Å². The SMILES string of the molecule is O=C1CCC(c2ccccc2)=C1CC(=O)N1CCN(C(=O)c2ccc[nH]2)CC1. The molecule has 0 unspecified atom stereocenters. The molecule has 1 N–H and O–H groups in total. The molecule has 1 aromatic carbocycles. The number of amides is 2. The van der Waals surface area contributed by atoms with Gasteiger partial charge in [0.1, 0.15) is 5.69 Å². The Morgan fingerprint density at radius 3 is 2.29 bits per heavy atom. The summed E-state index contributed by atoms with van der Waals surface area (Å²) in [5, 5.41) is 0. The Morgan fingerprint density at radius 1 is 0.893 bits per heavy atom. The highest BCUT2D eigenvalue weighted by molar-refractivity contribution is 6.10. The van der Waals surface area contributed by atoms with Crippen LogP contribution in [0.25, 0.3) is 5.57 Å². The van der Waals surface area contributed by atoms with Crippen LogP contribution in [0.15, 0.2) is 54.2 Å². The van der Waals surface area contributed by atoms with Crippen molar-refractivity contribution in [3.63, 3.8) is 0 Å². The first-order valence-electron chi connectivity index (χ1n) is 9.64. The Hall–Kier alpha value is -3.15. The lowest BCUT2D eigenvalue weighted by molar-refractivity contribution is -0.132. The average molecular weight is 377 g/mol. The highest BCUT2D eigenvalue weighted by Gasteiger charge is 2.30. The average Bonchev–Trinajstić information content (AvgIpc) is 3.39. The van der Waals surface area contributed by atoms with Gasteiger partial charge in [0.2, 0.25) is 5.91 Å². The number of carbonyl (C=O) groups excluding carboxylic acids is 3. The number of carbonyl (C=O) groups is 3. The van der Waals surface area contributed by atoms with Gasteiger partial charge in [-0.25, -0.2) is 0 Å². The highest BCUT2D eigenvalue weighted by Crippen LogP contribution is 2.33. The van der Waals surface area contributed by atoms with Gasteiger partial charge in [-0.05, 0) is 29.7 Å². The zero-order valence-corrected chi connectivity index (χ0v) is 15.7. The van der Waals surface area contributed by atoms with Crippen molar-refractivity contribution in [2.24, 2.45) is 0 Å². The molecule has 0 bridgehead atoms. The van der Waals surface area contributed by atoms with Gasteiger partial charge in [0.05, 0.1) is 6.42 Å². The molecule has 4 rings (SSSR count). The van der Waals surface area contributed by atoms with E-state index >= 15 is 0 Å². The van der Waals surface area contributed by atoms with Crippen LogP contribution < -0.4 is 0 Å². The third kappa shape index (κ3) is 3.63. The topological polar surface area (TPSA) is 73.5 Å². The van der Waals surface area contributed by atoms with Crippen molar-refractivity contribution in [1.82, 2.24) is 14.8 Å². The molecule has 6 heteroatoms. The van der Waals surface area contributed by atoms with Crippen molar-refractivity contribution in [1.29, 1.82) is 0 Å². The number of rotatable bonds is 4. The first-order valence-corrected chi connectivity index (χ1v) is 9.64. The molecule has 1 fully saturated rings. The fraction of sp³-hybridized carbons (Fsp3) is 0.318. The molecule has 0 saturated carbocycles. The first kappa shape index (κ1) is 18.2. The van der Waals surface area contributed by atoms with Crippen LogP contribution in [-0.4, -0.2) is 58.6 Å². The number of Topliss-reactive ketones (excluding diaryl/α,β-unsaturated/α-hetero) is 1. The first-order chi connectivity index (χ1) is 13.6. The number of benzene rings is 1. The maximum absolute atomic E-state index is 12.8. The Bertz CT molecular complexity index is 908. The molecular weight excluding hydrogens is 354 g/mol. The fourth-order valence-electron chi connectivity index (χ4n) is 3.93. The minimum Gasteiger partial charge on any atom is -0.357 e. The molecule has 28 heavy (non-hydrogen) atoms. The van der Waals surface area contributed by atoms with E-state index in [0.717, 1.165) is 11.1 Å². The van der Waals surface area contributed by atoms with Crippen molar-refractivity contribution in [3.8, 4) is 0 Å². The summed E-state index contributed by atoms with van der Waals surface area (Å²) in [4.78, 5) is 44.0. The van der Waals surface area contributed by atoms with Gasteiger partial charge >= 0.3 is 0 Å². The molecule has 144 valence electrons. The van der Waals surface area contributed by atoms with Gasteiger partial charge in [0, 0.05) is 44.4 Å². The van der Waals surface area contributed by atoms with Gasteiger partial charge < -0.3 is 14.8 Å². The molecular formula is C22H23N3O3. The fourth-order valence-corrected chi connectivity index (χ4v) is 3.93. The molecule has 1 aromatic heterocycles. The predicted molar refractivity (Wildman–Crippen MR) is 105 cm³/mol. The summed E-state index contributed by atoms with van der Waals surface area (Å²) < 4.78 is 0. The lowest BCUT2D eigenvalue weighted by Gasteiger charge is -2.34. The van der Waals surface area contributed by atoms with Crippen LogP contribution in [0, 0.1) is 0 Å². The van der Waals surface area contributed by atoms with Crippen molar-refractivity contribution in [2.75, 3.05) is 26.2 Å². The number of nitrogens with one attached hydrogen (secondary N) is 1. The summed E-state index contributed by atoms with van der Waals surface area (Å²) in [5.74, 6) is -0.00411. The van der Waals surface area contributed by atoms with E-state index < -0.39 is 0 Å². The van der Waals surface area contributed by atoms with Crippen molar-refractivity contribution in [3.05, 3.63) is 65.5 Å². The van der Waals surface area contributed by atoms with E-state index in [9.17, 15) is 14.4 Å². The molecule has 1 aliphatic heterocycles. The number of H-pyrrole nitrogens is 1. The zero-order chi connectivity index (χ0) is 19.5. The number of ketones is 1. The zero-order valence-electron chi connectivity index (χ0n) is 15.7. The normalized spacial score (nSPS) is 17.4. The standard InChI is InChI=1S/C22H23N3O3/c26-20-9-8-17(16-5-2-1-3-6-16)18(20)15-21(27)24-11-13-25(14-12-24)22(28)19-7-4-10-23-19/h1-7,10,23H,8-9,11-15H2. The van der Waals surface area contributed by atoms with Gasteiger partial charge in [0.25, 0.3) is 5.91 Å². The number of hydrogen-bond acceptors (Lipinski definition) is 3. The molecule has 1 saturated heterocycles. The van der Waals surface area contributed by atoms with Crippen molar-refractivity contribution >= 4 is 23.2 Å². The molecule has 0 radical (unpaired) electrons. The molecule has 2 amide bonds. The minimum absolute atomic E-state index is 0.0364. The molecule has 2 aliphatic rings. The van der Waals surface area contributed by atoms with E-state index in [1.807, 2.05) is 30.3 Å². The van der Waals surface area contributed by atoms with E-state index in [2.05, 4.69) is 4.98 Å². The monoisotopic (exact) mass is 377 g/mol. The summed E-state index contributed by atoms with van der Waals surface area (Å²) in [6.45, 7) is 1.99. The lowest BCUT2D eigenvalue weighted by atomic mass is 9.99. The van der Waals surface area contributed by atoms with E-state index in [0.29, 0.717) is 50.3 Å². The number of nitrogens with zero attached hydrogens (tertiary/aromatic N) is 2. The summed E-state index contributed by atoms with van der Waals surface area (Å²) in [6.07, 6.45) is 3.05. The van der Waals surface area contributed by atoms with Crippen molar-refractivity contribution in [2.45, 2.75) is 19.3 Å². The summed E-state index contributed by atoms with van der Waals surface area (Å²) in [6, 6.07) is 13.4. The third-order valence-corrected chi connectivity index (χ3v) is 5.50. The number of aromatic nitrogens is 1. The Labute approximate surface area is 163 Å². The van der Waals surface area contributed by atoms with Gasteiger partial charge in [-0.1, -0.05) is 30.3 Å². The number of allylic oxidation sites excluding steroid dienone is 1. The van der Waals surface area contributed by atoms with Gasteiger partial charge in [-0.2, -0.15) is 0 Å². The number of hydrogen-bond donors (Lipinski definition) is 1. The van der Waals surface area contributed by atoms with Gasteiger partial charge in [0.15, 0.2) is 5.78 Å². The summed E-state index contributed by atoms with van der Waals surface area (Å²) >= 11 is 0. The molecule has 2 heterocycles. The maximum atomic E-state index is 12.8. The lowest BCUT2D eigenvalue weighted by Crippen LogP contribution is -2.50. The predicted octanol–water partition coefficient (Wildman–Crippen LogP) is 2.51. The quantitative estimate of drug-likeness (QED) is 0.890. The van der Waals surface area contributed by atoms with E-state index in [1.165, 1.54) is 0 Å². The second-order valence-electron chi connectivity index (χ2n) is 7.18. The smallest absolute Gasteiger partial charge is 0.270 e. The molecule has 0 spiro atoms. The maximum Gasteiger partial charge on any atom is 0.270 e. The van der Waals surface area contributed by atoms with Crippen LogP contribution >= 0.6 is 0 Å². The minimum atomic E-state index is -0.0443. The molecule has 1 aliphatic carbocycles. The van der Waals surface area contributed by atoms with Crippen LogP contribution in [0.4, 0.5) is 0 Å². The van der Waals surface area contributed by atoms with E-state index in [1.54, 1.807) is 28.1 Å². The molecule has 0 atom stereocenters. The van der Waals surface area contributed by atoms with Gasteiger partial charge in [-0.3, -0.25) is 14.4 Å². The summed E-state index contributed by atoms with van der Waals surface area (Å²) in [5.41, 5.74) is 3.24. The molecule has 6 nitrogen and oxygen atoms in total. The van der Waals surface area contributed by atoms with Crippen LogP contribution in [0.2, 0.25) is 0 Å². The van der Waals surface area contributed by atoms with Crippen LogP contribution in [0.3, 0.4) is 0 Å². The second kappa shape index (κ2) is 7.84. The number of piperazine rings is 1. The number of aromatic amines is 1. The van der Waals surface area contributed by atoms with Gasteiger partial charge in [-0.15, -0.1) is 0 Å². The van der Waals surface area contributed by atoms with Crippen molar-refractivity contribution < 1.29 is 14.4 Å². The van der Waals surface area contributed by atoms with E-state index in [4.69, 9.17) is 0 Å². The Morgan fingerprint density at radius 2 is 1.61 bits per heavy atom. The summed E-state index contributed by atoms with van der Waals surface area (Å²) in [7, 11) is 0. The Balaban J connectivity index is 1.40. The van der Waals surface area contributed by atoms with E-state index in [-0.39, 0.29) is 24.0 Å². The molecule has 2 aromatic rings. The van der Waals surface area contributed by atoms with Crippen LogP contribution in [0.5, 0.6) is 0 Å².